The predicted molar refractivity (Wildman–Crippen MR) is 131 cm³/mol. The molecule has 0 spiro atoms. The Morgan fingerprint density at radius 3 is 2.12 bits per heavy atom. The molecule has 1 atom stereocenters. The minimum absolute atomic E-state index is 0.108. The van der Waals surface area contributed by atoms with E-state index in [4.69, 9.17) is 0 Å². The largest absolute Gasteiger partial charge is 0.347 e. The van der Waals surface area contributed by atoms with E-state index >= 15 is 0 Å². The topological polar surface area (TPSA) is 79.4 Å². The van der Waals surface area contributed by atoms with Crippen LogP contribution < -0.4 is 9.62 Å². The lowest BCUT2D eigenvalue weighted by atomic mass is 9.99. The summed E-state index contributed by atoms with van der Waals surface area (Å²) in [6.45, 7) is -0.372. The fourth-order valence-corrected chi connectivity index (χ4v) is 5.74. The van der Waals surface area contributed by atoms with Crippen LogP contribution in [0.1, 0.15) is 17.2 Å². The van der Waals surface area contributed by atoms with Crippen LogP contribution in [-0.2, 0) is 21.2 Å². The van der Waals surface area contributed by atoms with Crippen molar-refractivity contribution in [3.8, 4) is 0 Å². The Hall–Kier alpha value is -3.49. The van der Waals surface area contributed by atoms with Gasteiger partial charge in [0, 0.05) is 11.6 Å². The van der Waals surface area contributed by atoms with Crippen LogP contribution in [0.5, 0.6) is 0 Å². The number of nitrogens with one attached hydrogen (secondary N) is 1. The molecular formula is C25H23N3O3S2. The number of hydrogen-bond acceptors (Lipinski definition) is 5. The number of anilines is 1. The molecule has 0 aliphatic rings. The molecule has 168 valence electrons. The van der Waals surface area contributed by atoms with Gasteiger partial charge in [0.15, 0.2) is 5.13 Å². The Balaban J connectivity index is 1.59. The first-order valence-electron chi connectivity index (χ1n) is 10.4. The van der Waals surface area contributed by atoms with Crippen molar-refractivity contribution in [1.82, 2.24) is 10.3 Å². The van der Waals surface area contributed by atoms with E-state index in [-0.39, 0.29) is 22.6 Å². The molecule has 1 heterocycles. The van der Waals surface area contributed by atoms with Crippen LogP contribution in [0.2, 0.25) is 0 Å². The lowest BCUT2D eigenvalue weighted by Crippen LogP contribution is -2.42. The summed E-state index contributed by atoms with van der Waals surface area (Å²) in [6, 6.07) is 27.3. The molecule has 0 fully saturated rings. The molecule has 3 aromatic carbocycles. The zero-order valence-corrected chi connectivity index (χ0v) is 19.4. The second kappa shape index (κ2) is 10.4. The van der Waals surface area contributed by atoms with E-state index in [9.17, 15) is 13.2 Å². The second-order valence-corrected chi connectivity index (χ2v) is 10.1. The number of amides is 1. The van der Waals surface area contributed by atoms with Gasteiger partial charge in [0.1, 0.15) is 6.54 Å². The zero-order chi connectivity index (χ0) is 23.1. The predicted octanol–water partition coefficient (Wildman–Crippen LogP) is 4.44. The van der Waals surface area contributed by atoms with Gasteiger partial charge < -0.3 is 5.32 Å². The van der Waals surface area contributed by atoms with E-state index < -0.39 is 15.9 Å². The van der Waals surface area contributed by atoms with Crippen LogP contribution in [0.4, 0.5) is 5.13 Å². The van der Waals surface area contributed by atoms with Crippen molar-refractivity contribution in [2.24, 2.45) is 0 Å². The Morgan fingerprint density at radius 2 is 1.52 bits per heavy atom. The number of aromatic nitrogens is 1. The quantitative estimate of drug-likeness (QED) is 0.387. The van der Waals surface area contributed by atoms with Crippen LogP contribution in [0.15, 0.2) is 107 Å². The first-order chi connectivity index (χ1) is 16.0. The van der Waals surface area contributed by atoms with Crippen molar-refractivity contribution in [2.45, 2.75) is 17.4 Å². The highest BCUT2D eigenvalue weighted by Gasteiger charge is 2.29. The summed E-state index contributed by atoms with van der Waals surface area (Å²) in [5, 5.41) is 4.96. The molecule has 0 saturated heterocycles. The van der Waals surface area contributed by atoms with Crippen molar-refractivity contribution in [3.63, 3.8) is 0 Å². The highest BCUT2D eigenvalue weighted by molar-refractivity contribution is 7.93. The lowest BCUT2D eigenvalue weighted by Gasteiger charge is -2.24. The normalized spacial score (nSPS) is 12.1. The summed E-state index contributed by atoms with van der Waals surface area (Å²) < 4.78 is 27.7. The maximum absolute atomic E-state index is 13.3. The molecule has 0 bridgehead atoms. The number of carbonyl (C=O) groups excluding carboxylic acids is 1. The number of nitrogens with zero attached hydrogens (tertiary/aromatic N) is 2. The number of sulfonamides is 1. The molecule has 1 N–H and O–H groups in total. The summed E-state index contributed by atoms with van der Waals surface area (Å²) in [4.78, 5) is 17.4. The fourth-order valence-electron chi connectivity index (χ4n) is 3.47. The lowest BCUT2D eigenvalue weighted by molar-refractivity contribution is -0.120. The molecule has 6 nitrogen and oxygen atoms in total. The molecule has 0 aliphatic carbocycles. The van der Waals surface area contributed by atoms with Gasteiger partial charge in [0.05, 0.1) is 10.9 Å². The van der Waals surface area contributed by atoms with Crippen LogP contribution >= 0.6 is 11.3 Å². The van der Waals surface area contributed by atoms with Crippen LogP contribution in [-0.4, -0.2) is 25.9 Å². The molecular weight excluding hydrogens is 454 g/mol. The SMILES string of the molecule is O=C(CN(c1nccs1)S(=O)(=O)c1ccccc1)NC(Cc1ccccc1)c1ccccc1. The van der Waals surface area contributed by atoms with Crippen molar-refractivity contribution < 1.29 is 13.2 Å². The molecule has 1 aromatic heterocycles. The summed E-state index contributed by atoms with van der Waals surface area (Å²) in [6.07, 6.45) is 2.10. The molecule has 1 unspecified atom stereocenters. The van der Waals surface area contributed by atoms with E-state index in [2.05, 4.69) is 10.3 Å². The average Bonchev–Trinajstić information content (AvgIpc) is 3.38. The van der Waals surface area contributed by atoms with Crippen LogP contribution in [0, 0.1) is 0 Å². The average molecular weight is 478 g/mol. The molecule has 1 amide bonds. The molecule has 4 rings (SSSR count). The van der Waals surface area contributed by atoms with Crippen molar-refractivity contribution in [2.75, 3.05) is 10.8 Å². The van der Waals surface area contributed by atoms with Gasteiger partial charge in [-0.15, -0.1) is 11.3 Å². The van der Waals surface area contributed by atoms with Crippen molar-refractivity contribution >= 4 is 32.4 Å². The number of carbonyl (C=O) groups is 1. The minimum atomic E-state index is -3.96. The monoisotopic (exact) mass is 477 g/mol. The Labute approximate surface area is 197 Å². The first-order valence-corrected chi connectivity index (χ1v) is 12.7. The number of rotatable bonds is 9. The van der Waals surface area contributed by atoms with Crippen molar-refractivity contribution in [1.29, 1.82) is 0 Å². The molecule has 0 radical (unpaired) electrons. The maximum Gasteiger partial charge on any atom is 0.266 e. The van der Waals surface area contributed by atoms with Gasteiger partial charge in [0.25, 0.3) is 10.0 Å². The number of thiazole rings is 1. The maximum atomic E-state index is 13.3. The van der Waals surface area contributed by atoms with Gasteiger partial charge in [0.2, 0.25) is 5.91 Å². The third-order valence-electron chi connectivity index (χ3n) is 5.07. The molecule has 0 saturated carbocycles. The Kier molecular flexibility index (Phi) is 7.16. The summed E-state index contributed by atoms with van der Waals surface area (Å²) in [5.74, 6) is -0.408. The zero-order valence-electron chi connectivity index (χ0n) is 17.7. The Bertz CT molecular complexity index is 1260. The highest BCUT2D eigenvalue weighted by atomic mass is 32.2. The molecule has 8 heteroatoms. The number of benzene rings is 3. The van der Waals surface area contributed by atoms with Crippen molar-refractivity contribution in [3.05, 3.63) is 114 Å². The third-order valence-corrected chi connectivity index (χ3v) is 7.73. The summed E-state index contributed by atoms with van der Waals surface area (Å²) in [5.41, 5.74) is 2.02. The molecule has 33 heavy (non-hydrogen) atoms. The fraction of sp³-hybridized carbons (Fsp3) is 0.120. The third kappa shape index (κ3) is 5.66. The minimum Gasteiger partial charge on any atom is -0.347 e. The molecule has 4 aromatic rings. The summed E-state index contributed by atoms with van der Waals surface area (Å²) >= 11 is 1.17. The Morgan fingerprint density at radius 1 is 0.909 bits per heavy atom. The van der Waals surface area contributed by atoms with Gasteiger partial charge in [-0.2, -0.15) is 0 Å². The highest BCUT2D eigenvalue weighted by Crippen LogP contribution is 2.26. The number of hydrogen-bond donors (Lipinski definition) is 1. The van der Waals surface area contributed by atoms with Gasteiger partial charge >= 0.3 is 0 Å². The van der Waals surface area contributed by atoms with E-state index in [0.717, 1.165) is 15.4 Å². The van der Waals surface area contributed by atoms with E-state index in [1.54, 1.807) is 23.6 Å². The first kappa shape index (κ1) is 22.7. The van der Waals surface area contributed by atoms with E-state index in [1.807, 2.05) is 60.7 Å². The van der Waals surface area contributed by atoms with E-state index in [1.165, 1.54) is 29.7 Å². The molecule has 0 aliphatic heterocycles. The van der Waals surface area contributed by atoms with Crippen LogP contribution in [0.3, 0.4) is 0 Å². The van der Waals surface area contributed by atoms with Crippen LogP contribution in [0.25, 0.3) is 0 Å². The summed E-state index contributed by atoms with van der Waals surface area (Å²) in [7, 11) is -3.96. The smallest absolute Gasteiger partial charge is 0.266 e. The van der Waals surface area contributed by atoms with Gasteiger partial charge in [-0.1, -0.05) is 78.9 Å². The standard InChI is InChI=1S/C25H23N3O3S2/c29-24(27-23(21-12-6-2-7-13-21)18-20-10-4-1-5-11-20)19-28(25-26-16-17-32-25)33(30,31)22-14-8-3-9-15-22/h1-17,23H,18-19H2,(H,27,29). The van der Waals surface area contributed by atoms with Gasteiger partial charge in [-0.25, -0.2) is 17.7 Å². The van der Waals surface area contributed by atoms with E-state index in [0.29, 0.717) is 6.42 Å². The second-order valence-electron chi connectivity index (χ2n) is 7.36. The van der Waals surface area contributed by atoms with Gasteiger partial charge in [-0.3, -0.25) is 4.79 Å². The van der Waals surface area contributed by atoms with Gasteiger partial charge in [-0.05, 0) is 29.7 Å².